The number of aryl methyl sites for hydroxylation is 1. The molecule has 7 heteroatoms. The normalized spacial score (nSPS) is 13.0. The highest BCUT2D eigenvalue weighted by Crippen LogP contribution is 2.20. The largest absolute Gasteiger partial charge is 0.480 e. The topological polar surface area (TPSA) is 101 Å². The van der Waals surface area contributed by atoms with Gasteiger partial charge in [0.15, 0.2) is 9.84 Å². The minimum absolute atomic E-state index is 0.0334. The molecule has 126 valence electrons. The lowest BCUT2D eigenvalue weighted by molar-refractivity contribution is -0.139. The van der Waals surface area contributed by atoms with Crippen molar-refractivity contribution in [2.45, 2.75) is 38.1 Å². The maximum absolute atomic E-state index is 12.4. The monoisotopic (exact) mass is 339 g/mol. The van der Waals surface area contributed by atoms with E-state index in [1.165, 1.54) is 12.1 Å². The predicted molar refractivity (Wildman–Crippen MR) is 87.3 cm³/mol. The zero-order chi connectivity index (χ0) is 17.8. The van der Waals surface area contributed by atoms with Gasteiger partial charge < -0.3 is 10.4 Å². The number of hydrogen-bond donors (Lipinski definition) is 2. The van der Waals surface area contributed by atoms with Gasteiger partial charge in [-0.25, -0.2) is 13.2 Å². The third-order valence-electron chi connectivity index (χ3n) is 3.52. The second-order valence-electron chi connectivity index (χ2n) is 5.35. The van der Waals surface area contributed by atoms with Gasteiger partial charge in [0.05, 0.1) is 4.90 Å². The van der Waals surface area contributed by atoms with Gasteiger partial charge in [-0.2, -0.15) is 0 Å². The highest BCUT2D eigenvalue weighted by atomic mass is 32.2. The number of allylic oxidation sites excluding steroid dienone is 1. The Morgan fingerprint density at radius 1 is 1.30 bits per heavy atom. The molecule has 1 aromatic rings. The maximum Gasteiger partial charge on any atom is 0.326 e. The SMILES string of the molecule is C/C=C/CC(NC(=O)c1cc(S(C)(=O)=O)cc(C)c1C)C(=O)O. The maximum atomic E-state index is 12.4. The van der Waals surface area contributed by atoms with Crippen LogP contribution >= 0.6 is 0 Å². The summed E-state index contributed by atoms with van der Waals surface area (Å²) in [5.41, 5.74) is 1.43. The Hall–Kier alpha value is -2.15. The second kappa shape index (κ2) is 7.41. The summed E-state index contributed by atoms with van der Waals surface area (Å²) in [6.07, 6.45) is 4.55. The third-order valence-corrected chi connectivity index (χ3v) is 4.62. The molecule has 0 heterocycles. The average Bonchev–Trinajstić information content (AvgIpc) is 2.44. The number of carbonyl (C=O) groups is 2. The van der Waals surface area contributed by atoms with E-state index >= 15 is 0 Å². The quantitative estimate of drug-likeness (QED) is 0.771. The summed E-state index contributed by atoms with van der Waals surface area (Å²) in [5.74, 6) is -1.75. The van der Waals surface area contributed by atoms with Crippen molar-refractivity contribution in [3.8, 4) is 0 Å². The minimum Gasteiger partial charge on any atom is -0.480 e. The van der Waals surface area contributed by atoms with Gasteiger partial charge in [0.25, 0.3) is 5.91 Å². The molecule has 0 spiro atoms. The van der Waals surface area contributed by atoms with Gasteiger partial charge in [-0.3, -0.25) is 4.79 Å². The van der Waals surface area contributed by atoms with Crippen molar-refractivity contribution < 1.29 is 23.1 Å². The van der Waals surface area contributed by atoms with Crippen LogP contribution in [0, 0.1) is 13.8 Å². The zero-order valence-corrected chi connectivity index (χ0v) is 14.4. The Bertz CT molecular complexity index is 750. The van der Waals surface area contributed by atoms with Gasteiger partial charge in [0, 0.05) is 11.8 Å². The fourth-order valence-corrected chi connectivity index (χ4v) is 2.73. The van der Waals surface area contributed by atoms with Crippen LogP contribution in [0.25, 0.3) is 0 Å². The molecule has 0 aromatic heterocycles. The molecule has 0 aliphatic heterocycles. The first-order chi connectivity index (χ1) is 10.6. The minimum atomic E-state index is -3.46. The lowest BCUT2D eigenvalue weighted by Gasteiger charge is -2.15. The molecular weight excluding hydrogens is 318 g/mol. The van der Waals surface area contributed by atoms with E-state index in [0.29, 0.717) is 11.1 Å². The van der Waals surface area contributed by atoms with Crippen LogP contribution in [-0.4, -0.2) is 37.7 Å². The Morgan fingerprint density at radius 2 is 1.91 bits per heavy atom. The predicted octanol–water partition coefficient (Wildman–Crippen LogP) is 1.86. The van der Waals surface area contributed by atoms with Crippen LogP contribution in [0.15, 0.2) is 29.2 Å². The molecule has 1 rings (SSSR count). The Kier molecular flexibility index (Phi) is 6.09. The van der Waals surface area contributed by atoms with Gasteiger partial charge in [0.2, 0.25) is 0 Å². The van der Waals surface area contributed by atoms with Crippen LogP contribution in [0.3, 0.4) is 0 Å². The van der Waals surface area contributed by atoms with Crippen molar-refractivity contribution in [1.29, 1.82) is 0 Å². The van der Waals surface area contributed by atoms with E-state index in [1.807, 2.05) is 0 Å². The molecule has 0 aliphatic rings. The van der Waals surface area contributed by atoms with E-state index in [0.717, 1.165) is 6.26 Å². The van der Waals surface area contributed by atoms with E-state index in [-0.39, 0.29) is 16.9 Å². The number of amides is 1. The molecular formula is C16H21NO5S. The number of benzene rings is 1. The lowest BCUT2D eigenvalue weighted by atomic mass is 10.0. The van der Waals surface area contributed by atoms with Gasteiger partial charge in [0.1, 0.15) is 6.04 Å². The molecule has 6 nitrogen and oxygen atoms in total. The van der Waals surface area contributed by atoms with E-state index in [2.05, 4.69) is 5.32 Å². The molecule has 23 heavy (non-hydrogen) atoms. The number of sulfone groups is 1. The number of aliphatic carboxylic acids is 1. The summed E-state index contributed by atoms with van der Waals surface area (Å²) in [4.78, 5) is 23.6. The Morgan fingerprint density at radius 3 is 2.39 bits per heavy atom. The number of hydrogen-bond acceptors (Lipinski definition) is 4. The molecule has 0 fully saturated rings. The summed E-state index contributed by atoms with van der Waals surface area (Å²) in [5, 5.41) is 11.6. The van der Waals surface area contributed by atoms with Gasteiger partial charge >= 0.3 is 5.97 Å². The molecule has 1 aromatic carbocycles. The molecule has 1 amide bonds. The Labute approximate surface area is 136 Å². The smallest absolute Gasteiger partial charge is 0.326 e. The van der Waals surface area contributed by atoms with Crippen LogP contribution in [0.5, 0.6) is 0 Å². The summed E-state index contributed by atoms with van der Waals surface area (Å²) < 4.78 is 23.4. The van der Waals surface area contributed by atoms with Crippen molar-refractivity contribution in [3.63, 3.8) is 0 Å². The van der Waals surface area contributed by atoms with Gasteiger partial charge in [-0.15, -0.1) is 0 Å². The Balaban J connectivity index is 3.21. The van der Waals surface area contributed by atoms with Crippen LogP contribution < -0.4 is 5.32 Å². The van der Waals surface area contributed by atoms with Crippen molar-refractivity contribution in [2.75, 3.05) is 6.26 Å². The molecule has 1 atom stereocenters. The van der Waals surface area contributed by atoms with Gasteiger partial charge in [-0.05, 0) is 50.5 Å². The van der Waals surface area contributed by atoms with Gasteiger partial charge in [-0.1, -0.05) is 12.2 Å². The van der Waals surface area contributed by atoms with E-state index < -0.39 is 27.8 Å². The molecule has 0 saturated carbocycles. The highest BCUT2D eigenvalue weighted by molar-refractivity contribution is 7.90. The van der Waals surface area contributed by atoms with Crippen molar-refractivity contribution in [3.05, 3.63) is 41.0 Å². The number of carboxylic acids is 1. The molecule has 0 saturated heterocycles. The summed E-state index contributed by atoms with van der Waals surface area (Å²) in [6.45, 7) is 5.15. The van der Waals surface area contributed by atoms with E-state index in [1.54, 1.807) is 32.9 Å². The molecule has 2 N–H and O–H groups in total. The lowest BCUT2D eigenvalue weighted by Crippen LogP contribution is -2.40. The van der Waals surface area contributed by atoms with Crippen LogP contribution in [0.4, 0.5) is 0 Å². The second-order valence-corrected chi connectivity index (χ2v) is 7.37. The molecule has 0 radical (unpaired) electrons. The first-order valence-corrected chi connectivity index (χ1v) is 8.93. The van der Waals surface area contributed by atoms with Crippen LogP contribution in [0.2, 0.25) is 0 Å². The summed E-state index contributed by atoms with van der Waals surface area (Å²) >= 11 is 0. The average molecular weight is 339 g/mol. The number of carbonyl (C=O) groups excluding carboxylic acids is 1. The highest BCUT2D eigenvalue weighted by Gasteiger charge is 2.22. The number of carboxylic acid groups (broad SMARTS) is 1. The fourth-order valence-electron chi connectivity index (χ4n) is 2.01. The molecule has 0 aliphatic carbocycles. The molecule has 0 bridgehead atoms. The first kappa shape index (κ1) is 18.9. The van der Waals surface area contributed by atoms with E-state index in [9.17, 15) is 18.0 Å². The van der Waals surface area contributed by atoms with Crippen molar-refractivity contribution >= 4 is 21.7 Å². The first-order valence-electron chi connectivity index (χ1n) is 7.04. The summed E-state index contributed by atoms with van der Waals surface area (Å²) in [6, 6.07) is 1.71. The molecule has 1 unspecified atom stereocenters. The third kappa shape index (κ3) is 4.92. The van der Waals surface area contributed by atoms with E-state index in [4.69, 9.17) is 5.11 Å². The zero-order valence-electron chi connectivity index (χ0n) is 13.6. The van der Waals surface area contributed by atoms with Crippen molar-refractivity contribution in [1.82, 2.24) is 5.32 Å². The van der Waals surface area contributed by atoms with Crippen LogP contribution in [-0.2, 0) is 14.6 Å². The standard InChI is InChI=1S/C16H21NO5S/c1-5-6-7-14(16(19)20)17-15(18)13-9-12(23(4,21)22)8-10(2)11(13)3/h5-6,8-9,14H,7H2,1-4H3,(H,17,18)(H,19,20)/b6-5+. The fraction of sp³-hybridized carbons (Fsp3) is 0.375. The number of nitrogens with one attached hydrogen (secondary N) is 1. The number of rotatable bonds is 6. The van der Waals surface area contributed by atoms with Crippen LogP contribution in [0.1, 0.15) is 34.8 Å². The van der Waals surface area contributed by atoms with Crippen molar-refractivity contribution in [2.24, 2.45) is 0 Å². The summed E-state index contributed by atoms with van der Waals surface area (Å²) in [7, 11) is -3.46.